The molecule has 0 spiro atoms. The van der Waals surface area contributed by atoms with Crippen LogP contribution >= 0.6 is 11.8 Å². The Hall–Kier alpha value is -3.58. The second kappa shape index (κ2) is 10.8. The van der Waals surface area contributed by atoms with E-state index in [2.05, 4.69) is 34.6 Å². The van der Waals surface area contributed by atoms with Crippen LogP contribution in [-0.2, 0) is 11.2 Å². The van der Waals surface area contributed by atoms with E-state index in [9.17, 15) is 4.79 Å². The highest BCUT2D eigenvalue weighted by atomic mass is 32.2. The molecule has 0 aliphatic heterocycles. The second-order valence-corrected chi connectivity index (χ2v) is 8.52. The van der Waals surface area contributed by atoms with Gasteiger partial charge >= 0.3 is 0 Å². The Morgan fingerprint density at radius 3 is 2.39 bits per heavy atom. The van der Waals surface area contributed by atoms with Gasteiger partial charge in [-0.25, -0.2) is 0 Å². The van der Waals surface area contributed by atoms with Crippen molar-refractivity contribution in [3.63, 3.8) is 0 Å². The molecule has 0 aliphatic carbocycles. The summed E-state index contributed by atoms with van der Waals surface area (Å²) in [6.07, 6.45) is 0.762. The van der Waals surface area contributed by atoms with E-state index in [-0.39, 0.29) is 11.7 Å². The molecule has 33 heavy (non-hydrogen) atoms. The summed E-state index contributed by atoms with van der Waals surface area (Å²) in [5, 5.41) is 12.5. The summed E-state index contributed by atoms with van der Waals surface area (Å²) in [6.45, 7) is 2.63. The van der Waals surface area contributed by atoms with Crippen LogP contribution in [0, 0.1) is 6.92 Å². The third-order valence-corrected chi connectivity index (χ3v) is 6.11. The van der Waals surface area contributed by atoms with Gasteiger partial charge in [-0.15, -0.1) is 10.2 Å². The Labute approximate surface area is 198 Å². The largest absolute Gasteiger partial charge is 0.497 e. The zero-order valence-corrected chi connectivity index (χ0v) is 19.5. The van der Waals surface area contributed by atoms with Crippen LogP contribution in [0.2, 0.25) is 0 Å². The van der Waals surface area contributed by atoms with Crippen LogP contribution in [0.1, 0.15) is 11.1 Å². The van der Waals surface area contributed by atoms with E-state index in [1.54, 1.807) is 7.11 Å². The lowest BCUT2D eigenvalue weighted by molar-refractivity contribution is -0.118. The summed E-state index contributed by atoms with van der Waals surface area (Å²) >= 11 is 1.38. The number of methoxy groups -OCH3 is 1. The molecule has 168 valence electrons. The molecule has 1 aromatic heterocycles. The molecule has 0 atom stereocenters. The average Bonchev–Trinajstić information content (AvgIpc) is 3.28. The fraction of sp³-hybridized carbons (Fsp3) is 0.192. The maximum Gasteiger partial charge on any atom is 0.230 e. The van der Waals surface area contributed by atoms with E-state index < -0.39 is 0 Å². The molecule has 0 aliphatic rings. The molecule has 4 aromatic rings. The number of rotatable bonds is 9. The molecule has 3 aromatic carbocycles. The zero-order valence-electron chi connectivity index (χ0n) is 18.7. The summed E-state index contributed by atoms with van der Waals surface area (Å²) in [6, 6.07) is 26.0. The van der Waals surface area contributed by atoms with E-state index in [0.717, 1.165) is 34.8 Å². The summed E-state index contributed by atoms with van der Waals surface area (Å²) in [5.41, 5.74) is 4.27. The van der Waals surface area contributed by atoms with E-state index in [1.165, 1.54) is 17.3 Å². The van der Waals surface area contributed by atoms with Gasteiger partial charge in [-0.05, 0) is 43.2 Å². The van der Waals surface area contributed by atoms with Crippen molar-refractivity contribution in [3.8, 4) is 22.8 Å². The number of carbonyl (C=O) groups excluding carboxylic acids is 1. The quantitative estimate of drug-likeness (QED) is 0.368. The van der Waals surface area contributed by atoms with Gasteiger partial charge in [0.15, 0.2) is 11.0 Å². The van der Waals surface area contributed by atoms with Crippen LogP contribution in [0.5, 0.6) is 5.75 Å². The Morgan fingerprint density at radius 2 is 1.70 bits per heavy atom. The van der Waals surface area contributed by atoms with E-state index in [4.69, 9.17) is 4.74 Å². The van der Waals surface area contributed by atoms with Gasteiger partial charge in [0.05, 0.1) is 12.9 Å². The summed E-state index contributed by atoms with van der Waals surface area (Å²) in [5.74, 6) is 1.81. The van der Waals surface area contributed by atoms with Crippen molar-refractivity contribution < 1.29 is 9.53 Å². The predicted octanol–water partition coefficient (Wildman–Crippen LogP) is 4.70. The molecule has 0 unspecified atom stereocenters. The topological polar surface area (TPSA) is 69.0 Å². The first kappa shape index (κ1) is 22.6. The first-order valence-corrected chi connectivity index (χ1v) is 11.7. The van der Waals surface area contributed by atoms with Crippen molar-refractivity contribution in [3.05, 3.63) is 90.0 Å². The number of nitrogens with zero attached hydrogens (tertiary/aromatic N) is 3. The van der Waals surface area contributed by atoms with Crippen LogP contribution < -0.4 is 10.1 Å². The van der Waals surface area contributed by atoms with Gasteiger partial charge in [0.25, 0.3) is 0 Å². The number of benzene rings is 3. The van der Waals surface area contributed by atoms with Gasteiger partial charge in [-0.2, -0.15) is 0 Å². The van der Waals surface area contributed by atoms with Crippen LogP contribution in [-0.4, -0.2) is 40.1 Å². The number of aromatic nitrogens is 3. The molecule has 6 nitrogen and oxygen atoms in total. The lowest BCUT2D eigenvalue weighted by Crippen LogP contribution is -2.27. The molecular weight excluding hydrogens is 432 g/mol. The summed E-state index contributed by atoms with van der Waals surface area (Å²) in [7, 11) is 1.65. The van der Waals surface area contributed by atoms with Crippen molar-refractivity contribution in [2.75, 3.05) is 19.4 Å². The van der Waals surface area contributed by atoms with Crippen LogP contribution in [0.15, 0.2) is 84.0 Å². The highest BCUT2D eigenvalue weighted by Gasteiger charge is 2.17. The number of thioether (sulfide) groups is 1. The normalized spacial score (nSPS) is 10.7. The number of carbonyl (C=O) groups is 1. The van der Waals surface area contributed by atoms with Gasteiger partial charge in [0.2, 0.25) is 5.91 Å². The maximum atomic E-state index is 12.5. The minimum Gasteiger partial charge on any atom is -0.497 e. The number of amides is 1. The molecular formula is C26H26N4O2S. The lowest BCUT2D eigenvalue weighted by atomic mass is 10.1. The number of hydrogen-bond donors (Lipinski definition) is 1. The monoisotopic (exact) mass is 458 g/mol. The molecule has 1 N–H and O–H groups in total. The van der Waals surface area contributed by atoms with Crippen LogP contribution in [0.25, 0.3) is 17.1 Å². The average molecular weight is 459 g/mol. The van der Waals surface area contributed by atoms with E-state index in [1.807, 2.05) is 71.3 Å². The number of nitrogens with one attached hydrogen (secondary N) is 1. The molecule has 4 rings (SSSR count). The minimum atomic E-state index is -0.0340. The van der Waals surface area contributed by atoms with Gasteiger partial charge in [-0.1, -0.05) is 71.9 Å². The van der Waals surface area contributed by atoms with Gasteiger partial charge < -0.3 is 10.1 Å². The fourth-order valence-corrected chi connectivity index (χ4v) is 4.17. The third-order valence-electron chi connectivity index (χ3n) is 5.18. The zero-order chi connectivity index (χ0) is 23.0. The molecule has 0 fully saturated rings. The standard InChI is InChI=1S/C26H26N4O2S/c1-19-8-12-22(13-9-19)30-25(21-6-4-3-5-7-21)28-29-26(30)33-18-24(31)27-17-16-20-10-14-23(32-2)15-11-20/h3-15H,16-18H2,1-2H3,(H,27,31). The van der Waals surface area contributed by atoms with E-state index in [0.29, 0.717) is 11.7 Å². The number of hydrogen-bond acceptors (Lipinski definition) is 5. The third kappa shape index (κ3) is 5.81. The van der Waals surface area contributed by atoms with Gasteiger partial charge in [0, 0.05) is 17.8 Å². The van der Waals surface area contributed by atoms with Gasteiger partial charge in [0.1, 0.15) is 5.75 Å². The van der Waals surface area contributed by atoms with Crippen LogP contribution in [0.4, 0.5) is 0 Å². The first-order chi connectivity index (χ1) is 16.1. The van der Waals surface area contributed by atoms with Crippen molar-refractivity contribution in [2.45, 2.75) is 18.5 Å². The summed E-state index contributed by atoms with van der Waals surface area (Å²) in [4.78, 5) is 12.5. The molecule has 7 heteroatoms. The smallest absolute Gasteiger partial charge is 0.230 e. The predicted molar refractivity (Wildman–Crippen MR) is 132 cm³/mol. The molecule has 1 heterocycles. The van der Waals surface area contributed by atoms with E-state index >= 15 is 0 Å². The molecule has 0 bridgehead atoms. The van der Waals surface area contributed by atoms with Gasteiger partial charge in [-0.3, -0.25) is 9.36 Å². The maximum absolute atomic E-state index is 12.5. The highest BCUT2D eigenvalue weighted by molar-refractivity contribution is 7.99. The first-order valence-electron chi connectivity index (χ1n) is 10.7. The van der Waals surface area contributed by atoms with Crippen molar-refractivity contribution in [1.82, 2.24) is 20.1 Å². The minimum absolute atomic E-state index is 0.0340. The van der Waals surface area contributed by atoms with Crippen LogP contribution in [0.3, 0.4) is 0 Å². The van der Waals surface area contributed by atoms with Crippen molar-refractivity contribution >= 4 is 17.7 Å². The second-order valence-electron chi connectivity index (χ2n) is 7.58. The highest BCUT2D eigenvalue weighted by Crippen LogP contribution is 2.28. The fourth-order valence-electron chi connectivity index (χ4n) is 3.38. The molecule has 0 saturated carbocycles. The molecule has 1 amide bonds. The lowest BCUT2D eigenvalue weighted by Gasteiger charge is -2.11. The van der Waals surface area contributed by atoms with Crippen molar-refractivity contribution in [2.24, 2.45) is 0 Å². The Kier molecular flexibility index (Phi) is 7.42. The summed E-state index contributed by atoms with van der Waals surface area (Å²) < 4.78 is 7.18. The number of aryl methyl sites for hydroxylation is 1. The Bertz CT molecular complexity index is 1190. The molecule has 0 saturated heterocycles. The molecule has 0 radical (unpaired) electrons. The Balaban J connectivity index is 1.42. The van der Waals surface area contributed by atoms with Crippen molar-refractivity contribution in [1.29, 1.82) is 0 Å². The number of ether oxygens (including phenoxy) is 1. The Morgan fingerprint density at radius 1 is 0.970 bits per heavy atom. The SMILES string of the molecule is COc1ccc(CCNC(=O)CSc2nnc(-c3ccccc3)n2-c2ccc(C)cc2)cc1.